The van der Waals surface area contributed by atoms with Crippen LogP contribution in [0, 0.1) is 5.92 Å². The molecule has 1 aromatic rings. The normalized spacial score (nSPS) is 15.2. The van der Waals surface area contributed by atoms with Gasteiger partial charge in [0.25, 0.3) is 0 Å². The van der Waals surface area contributed by atoms with Crippen LogP contribution in [0.2, 0.25) is 5.02 Å². The number of aromatic nitrogens is 2. The highest BCUT2D eigenvalue weighted by Crippen LogP contribution is 2.27. The number of nitrogens with two attached hydrogens (primary N) is 1. The van der Waals surface area contributed by atoms with Crippen molar-refractivity contribution in [1.29, 1.82) is 0 Å². The van der Waals surface area contributed by atoms with Crippen molar-refractivity contribution in [3.63, 3.8) is 0 Å². The minimum absolute atomic E-state index is 0.0443. The second kappa shape index (κ2) is 6.38. The van der Waals surface area contributed by atoms with Crippen molar-refractivity contribution in [1.82, 2.24) is 14.7 Å². The van der Waals surface area contributed by atoms with Gasteiger partial charge in [-0.15, -0.1) is 0 Å². The third kappa shape index (κ3) is 3.69. The average molecular weight is 259 g/mol. The van der Waals surface area contributed by atoms with E-state index in [-0.39, 0.29) is 6.04 Å². The summed E-state index contributed by atoms with van der Waals surface area (Å²) in [7, 11) is 4.08. The van der Waals surface area contributed by atoms with Crippen molar-refractivity contribution in [2.45, 2.75) is 32.9 Å². The summed E-state index contributed by atoms with van der Waals surface area (Å²) in [4.78, 5) is 2.12. The second-order valence-corrected chi connectivity index (χ2v) is 5.22. The Kier molecular flexibility index (Phi) is 5.43. The zero-order valence-electron chi connectivity index (χ0n) is 11.2. The van der Waals surface area contributed by atoms with Crippen LogP contribution in [0.3, 0.4) is 0 Å². The topological polar surface area (TPSA) is 47.1 Å². The van der Waals surface area contributed by atoms with Crippen LogP contribution in [0.5, 0.6) is 0 Å². The number of likely N-dealkylation sites (N-methyl/N-ethyl adjacent to an activating group) is 1. The van der Waals surface area contributed by atoms with Gasteiger partial charge >= 0.3 is 0 Å². The summed E-state index contributed by atoms with van der Waals surface area (Å²) in [6, 6.07) is -0.0443. The van der Waals surface area contributed by atoms with Gasteiger partial charge in [0.1, 0.15) is 0 Å². The van der Waals surface area contributed by atoms with Gasteiger partial charge in [-0.3, -0.25) is 4.68 Å². The lowest BCUT2D eigenvalue weighted by molar-refractivity contribution is 0.356. The van der Waals surface area contributed by atoms with Gasteiger partial charge in [-0.05, 0) is 20.0 Å². The second-order valence-electron chi connectivity index (χ2n) is 4.82. The molecule has 2 unspecified atom stereocenters. The molecule has 0 aliphatic rings. The highest BCUT2D eigenvalue weighted by Gasteiger charge is 2.21. The summed E-state index contributed by atoms with van der Waals surface area (Å²) in [5, 5.41) is 4.98. The Bertz CT molecular complexity index is 348. The van der Waals surface area contributed by atoms with Crippen molar-refractivity contribution in [2.75, 3.05) is 20.6 Å². The lowest BCUT2D eigenvalue weighted by atomic mass is 9.97. The maximum absolute atomic E-state index is 6.24. The molecular formula is C12H23ClN4. The molecular weight excluding hydrogens is 236 g/mol. The number of hydrogen-bond acceptors (Lipinski definition) is 3. The van der Waals surface area contributed by atoms with Crippen LogP contribution in [-0.2, 0) is 6.54 Å². The number of nitrogens with zero attached hydrogens (tertiary/aromatic N) is 3. The smallest absolute Gasteiger partial charge is 0.0834 e. The van der Waals surface area contributed by atoms with E-state index >= 15 is 0 Å². The van der Waals surface area contributed by atoms with E-state index in [1.807, 2.05) is 18.8 Å². The molecule has 0 saturated carbocycles. The Morgan fingerprint density at radius 1 is 1.53 bits per heavy atom. The predicted molar refractivity (Wildman–Crippen MR) is 72.2 cm³/mol. The zero-order chi connectivity index (χ0) is 13.0. The Morgan fingerprint density at radius 2 is 2.18 bits per heavy atom. The maximum atomic E-state index is 6.24. The summed E-state index contributed by atoms with van der Waals surface area (Å²) in [6.07, 6.45) is 2.73. The van der Waals surface area contributed by atoms with Crippen molar-refractivity contribution in [2.24, 2.45) is 11.7 Å². The van der Waals surface area contributed by atoms with E-state index in [1.165, 1.54) is 0 Å². The standard InChI is InChI=1S/C12H23ClN4/c1-5-9(2)11(14)12-10(13)8-15-17(12)7-6-16(3)4/h8-9,11H,5-7,14H2,1-4H3. The molecule has 98 valence electrons. The van der Waals surface area contributed by atoms with E-state index in [9.17, 15) is 0 Å². The fourth-order valence-corrected chi connectivity index (χ4v) is 1.97. The van der Waals surface area contributed by atoms with E-state index in [1.54, 1.807) is 6.20 Å². The van der Waals surface area contributed by atoms with Crippen molar-refractivity contribution in [3.8, 4) is 0 Å². The first-order valence-electron chi connectivity index (χ1n) is 6.08. The highest BCUT2D eigenvalue weighted by atomic mass is 35.5. The van der Waals surface area contributed by atoms with Gasteiger partial charge in [-0.1, -0.05) is 31.9 Å². The highest BCUT2D eigenvalue weighted by molar-refractivity contribution is 6.31. The molecule has 4 nitrogen and oxygen atoms in total. The fourth-order valence-electron chi connectivity index (χ4n) is 1.70. The molecule has 2 N–H and O–H groups in total. The van der Waals surface area contributed by atoms with Crippen LogP contribution >= 0.6 is 11.6 Å². The lowest BCUT2D eigenvalue weighted by Gasteiger charge is -2.21. The van der Waals surface area contributed by atoms with Crippen molar-refractivity contribution >= 4 is 11.6 Å². The monoisotopic (exact) mass is 258 g/mol. The molecule has 2 atom stereocenters. The molecule has 0 aromatic carbocycles. The number of halogens is 1. The Morgan fingerprint density at radius 3 is 2.71 bits per heavy atom. The largest absolute Gasteiger partial charge is 0.322 e. The van der Waals surface area contributed by atoms with Crippen LogP contribution in [-0.4, -0.2) is 35.3 Å². The zero-order valence-corrected chi connectivity index (χ0v) is 11.9. The van der Waals surface area contributed by atoms with Crippen LogP contribution in [0.1, 0.15) is 32.0 Å². The molecule has 0 bridgehead atoms. The van der Waals surface area contributed by atoms with Gasteiger partial charge in [0, 0.05) is 6.54 Å². The summed E-state index contributed by atoms with van der Waals surface area (Å²) in [5.74, 6) is 0.405. The molecule has 17 heavy (non-hydrogen) atoms. The van der Waals surface area contributed by atoms with E-state index in [0.29, 0.717) is 10.9 Å². The van der Waals surface area contributed by atoms with E-state index in [2.05, 4.69) is 23.8 Å². The summed E-state index contributed by atoms with van der Waals surface area (Å²) >= 11 is 6.18. The summed E-state index contributed by atoms with van der Waals surface area (Å²) in [5.41, 5.74) is 7.20. The van der Waals surface area contributed by atoms with E-state index < -0.39 is 0 Å². The molecule has 0 spiro atoms. The molecule has 5 heteroatoms. The molecule has 0 amide bonds. The lowest BCUT2D eigenvalue weighted by Crippen LogP contribution is -2.26. The third-order valence-corrected chi connectivity index (χ3v) is 3.46. The summed E-state index contributed by atoms with van der Waals surface area (Å²) < 4.78 is 1.93. The Balaban J connectivity index is 2.85. The molecule has 0 aliphatic heterocycles. The fraction of sp³-hybridized carbons (Fsp3) is 0.750. The Hall–Kier alpha value is -0.580. The molecule has 0 aliphatic carbocycles. The SMILES string of the molecule is CCC(C)C(N)c1c(Cl)cnn1CCN(C)C. The number of rotatable bonds is 6. The summed E-state index contributed by atoms with van der Waals surface area (Å²) in [6.45, 7) is 6.03. The first-order valence-corrected chi connectivity index (χ1v) is 6.46. The molecule has 1 rings (SSSR count). The van der Waals surface area contributed by atoms with Gasteiger partial charge in [0.15, 0.2) is 0 Å². The molecule has 0 fully saturated rings. The van der Waals surface area contributed by atoms with Gasteiger partial charge in [-0.2, -0.15) is 5.10 Å². The van der Waals surface area contributed by atoms with Crippen molar-refractivity contribution < 1.29 is 0 Å². The molecule has 0 radical (unpaired) electrons. The number of hydrogen-bond donors (Lipinski definition) is 1. The van der Waals surface area contributed by atoms with E-state index in [0.717, 1.165) is 25.2 Å². The van der Waals surface area contributed by atoms with Gasteiger partial charge in [0.05, 0.1) is 29.5 Å². The van der Waals surface area contributed by atoms with Gasteiger partial charge in [-0.25, -0.2) is 0 Å². The Labute approximate surface area is 109 Å². The average Bonchev–Trinajstić information content (AvgIpc) is 2.65. The van der Waals surface area contributed by atoms with E-state index in [4.69, 9.17) is 17.3 Å². The molecule has 0 saturated heterocycles. The third-order valence-electron chi connectivity index (χ3n) is 3.16. The minimum atomic E-state index is -0.0443. The maximum Gasteiger partial charge on any atom is 0.0834 e. The first kappa shape index (κ1) is 14.5. The van der Waals surface area contributed by atoms with Gasteiger partial charge < -0.3 is 10.6 Å². The van der Waals surface area contributed by atoms with Crippen LogP contribution < -0.4 is 5.73 Å². The molecule has 1 heterocycles. The van der Waals surface area contributed by atoms with Gasteiger partial charge in [0.2, 0.25) is 0 Å². The van der Waals surface area contributed by atoms with Crippen LogP contribution in [0.4, 0.5) is 0 Å². The quantitative estimate of drug-likeness (QED) is 0.851. The van der Waals surface area contributed by atoms with Crippen molar-refractivity contribution in [3.05, 3.63) is 16.9 Å². The predicted octanol–water partition coefficient (Wildman–Crippen LogP) is 2.14. The first-order chi connectivity index (χ1) is 7.97. The van der Waals surface area contributed by atoms with Crippen LogP contribution in [0.15, 0.2) is 6.20 Å². The molecule has 1 aromatic heterocycles. The van der Waals surface area contributed by atoms with Crippen LogP contribution in [0.25, 0.3) is 0 Å². The minimum Gasteiger partial charge on any atom is -0.322 e.